The van der Waals surface area contributed by atoms with E-state index in [2.05, 4.69) is 69.1 Å². The van der Waals surface area contributed by atoms with E-state index in [4.69, 9.17) is 0 Å². The van der Waals surface area contributed by atoms with Crippen LogP contribution in [0.4, 0.5) is 0 Å². The van der Waals surface area contributed by atoms with Gasteiger partial charge in [0.1, 0.15) is 12.1 Å². The van der Waals surface area contributed by atoms with Gasteiger partial charge in [0.2, 0.25) is 5.91 Å². The van der Waals surface area contributed by atoms with E-state index in [1.807, 2.05) is 12.1 Å². The van der Waals surface area contributed by atoms with Gasteiger partial charge in [0, 0.05) is 24.3 Å². The average molecular weight is 422 g/mol. The van der Waals surface area contributed by atoms with Crippen LogP contribution < -0.4 is 10.6 Å². The van der Waals surface area contributed by atoms with Gasteiger partial charge in [0.15, 0.2) is 11.4 Å². The Balaban J connectivity index is 1.79. The molecule has 7 nitrogen and oxygen atoms in total. The van der Waals surface area contributed by atoms with Crippen LogP contribution in [0.1, 0.15) is 96.9 Å². The van der Waals surface area contributed by atoms with Crippen molar-refractivity contribution in [3.05, 3.63) is 22.8 Å². The lowest BCUT2D eigenvalue weighted by molar-refractivity contribution is -0.788. The van der Waals surface area contributed by atoms with Gasteiger partial charge in [-0.05, 0) is 46.0 Å². The third-order valence-corrected chi connectivity index (χ3v) is 8.53. The zero-order valence-electron chi connectivity index (χ0n) is 19.7. The minimum Gasteiger partial charge on any atom is -0.352 e. The average Bonchev–Trinajstić information content (AvgIpc) is 2.93. The Morgan fingerprint density at radius 2 is 1.45 bits per heavy atom. The molecule has 3 aliphatic rings. The molecule has 3 N–H and O–H groups in total. The summed E-state index contributed by atoms with van der Waals surface area (Å²) in [7, 11) is 0. The first kappa shape index (κ1) is 21.7. The van der Waals surface area contributed by atoms with Crippen molar-refractivity contribution < 1.29 is 10.1 Å². The van der Waals surface area contributed by atoms with Crippen LogP contribution in [-0.2, 0) is 15.6 Å². The summed E-state index contributed by atoms with van der Waals surface area (Å²) in [6, 6.07) is 4.08. The van der Waals surface area contributed by atoms with Gasteiger partial charge in [0.05, 0.1) is 27.9 Å². The monoisotopic (exact) mass is 421 g/mol. The number of fused-ring (bicyclic) bond motifs is 5. The Bertz CT molecular complexity index is 1040. The van der Waals surface area contributed by atoms with Gasteiger partial charge >= 0.3 is 0 Å². The van der Waals surface area contributed by atoms with E-state index in [-0.39, 0.29) is 39.8 Å². The van der Waals surface area contributed by atoms with E-state index < -0.39 is 10.8 Å². The van der Waals surface area contributed by atoms with E-state index in [1.54, 1.807) is 0 Å². The largest absolute Gasteiger partial charge is 0.352 e. The van der Waals surface area contributed by atoms with Crippen molar-refractivity contribution in [3.63, 3.8) is 0 Å². The second kappa shape index (κ2) is 6.26. The number of aromatic nitrogens is 2. The number of nitrogens with zero attached hydrogens (tertiary/aromatic N) is 4. The molecule has 7 heteroatoms. The maximum Gasteiger partial charge on any atom is 0.233 e. The molecule has 2 fully saturated rings. The molecule has 31 heavy (non-hydrogen) atoms. The number of hydrogen-bond donors (Lipinski definition) is 2. The fourth-order valence-corrected chi connectivity index (χ4v) is 7.07. The lowest BCUT2D eigenvalue weighted by atomic mass is 9.63. The lowest BCUT2D eigenvalue weighted by Gasteiger charge is -2.45. The highest BCUT2D eigenvalue weighted by molar-refractivity contribution is 5.92. The third kappa shape index (κ3) is 2.76. The molecular formula is C24H33N6O+. The summed E-state index contributed by atoms with van der Waals surface area (Å²) < 4.78 is 0. The molecule has 0 radical (unpaired) electrons. The number of hydrogen-bond acceptors (Lipinski definition) is 5. The van der Waals surface area contributed by atoms with Gasteiger partial charge in [0.25, 0.3) is 0 Å². The Morgan fingerprint density at radius 3 is 1.97 bits per heavy atom. The highest BCUT2D eigenvalue weighted by atomic mass is 16.2. The van der Waals surface area contributed by atoms with E-state index in [0.717, 1.165) is 19.3 Å². The van der Waals surface area contributed by atoms with Crippen LogP contribution in [-0.4, -0.2) is 33.0 Å². The molecule has 164 valence electrons. The summed E-state index contributed by atoms with van der Waals surface area (Å²) in [6.07, 6.45) is 3.27. The molecule has 2 bridgehead atoms. The first-order valence-electron chi connectivity index (χ1n) is 11.1. The molecule has 0 aromatic carbocycles. The van der Waals surface area contributed by atoms with Crippen LogP contribution in [0.25, 0.3) is 0 Å². The van der Waals surface area contributed by atoms with Crippen molar-refractivity contribution in [1.82, 2.24) is 15.3 Å². The molecule has 1 amide bonds. The molecule has 1 saturated heterocycles. The number of carbonyl (C=O) groups excluding carboxylic acids is 1. The van der Waals surface area contributed by atoms with E-state index >= 15 is 0 Å². The van der Waals surface area contributed by atoms with Gasteiger partial charge in [-0.15, -0.1) is 0 Å². The molecule has 1 aromatic rings. The van der Waals surface area contributed by atoms with Crippen molar-refractivity contribution in [3.8, 4) is 12.1 Å². The maximum atomic E-state index is 14.1. The molecule has 2 heterocycles. The highest BCUT2D eigenvalue weighted by Crippen LogP contribution is 2.70. The summed E-state index contributed by atoms with van der Waals surface area (Å²) in [4.78, 5) is 23.2. The first-order chi connectivity index (χ1) is 14.2. The van der Waals surface area contributed by atoms with Gasteiger partial charge in [-0.2, -0.15) is 10.5 Å². The Hall–Kier alpha value is -2.51. The van der Waals surface area contributed by atoms with Gasteiger partial charge in [-0.1, -0.05) is 20.8 Å². The molecule has 4 rings (SSSR count). The van der Waals surface area contributed by atoms with Crippen LogP contribution >= 0.6 is 0 Å². The standard InChI is InChI=1S/C24H32N6O/c1-20(2)10-14(11-21(3,4)30-20)27-19(31)24-9-8-23(7,22(24,5)6)17-18(24)29-16(13-26)15(12-25)28-17/h14,30H,8-11H2,1-7H3,(H,27,31)/p+1/t23-,24+/m0/s1. The Kier molecular flexibility index (Phi) is 4.39. The van der Waals surface area contributed by atoms with E-state index in [9.17, 15) is 15.3 Å². The molecule has 0 spiro atoms. The predicted octanol–water partition coefficient (Wildman–Crippen LogP) is 1.95. The van der Waals surface area contributed by atoms with Crippen LogP contribution in [0.15, 0.2) is 0 Å². The summed E-state index contributed by atoms with van der Waals surface area (Å²) in [6.45, 7) is 15.2. The summed E-state index contributed by atoms with van der Waals surface area (Å²) in [5.74, 6) is -0.0126. The highest BCUT2D eigenvalue weighted by Gasteiger charge is 2.73. The summed E-state index contributed by atoms with van der Waals surface area (Å²) in [5, 5.41) is 24.8. The summed E-state index contributed by atoms with van der Waals surface area (Å²) >= 11 is 0. The molecule has 2 atom stereocenters. The number of nitriles is 2. The quantitative estimate of drug-likeness (QED) is 0.756. The lowest BCUT2D eigenvalue weighted by Crippen LogP contribution is -3.06. The first-order valence-corrected chi connectivity index (χ1v) is 11.1. The normalized spacial score (nSPS) is 32.0. The third-order valence-electron chi connectivity index (χ3n) is 8.53. The minimum atomic E-state index is -0.848. The molecular weight excluding hydrogens is 388 g/mol. The van der Waals surface area contributed by atoms with Crippen molar-refractivity contribution in [2.24, 2.45) is 5.41 Å². The van der Waals surface area contributed by atoms with E-state index in [1.165, 1.54) is 0 Å². The zero-order chi connectivity index (χ0) is 23.0. The van der Waals surface area contributed by atoms with Gasteiger partial charge in [-0.3, -0.25) is 4.79 Å². The van der Waals surface area contributed by atoms with Crippen molar-refractivity contribution in [2.75, 3.05) is 0 Å². The molecule has 0 unspecified atom stereocenters. The topological polar surface area (TPSA) is 119 Å². The molecule has 1 aliphatic heterocycles. The van der Waals surface area contributed by atoms with Crippen LogP contribution in [0.3, 0.4) is 0 Å². The fraction of sp³-hybridized carbons (Fsp3) is 0.708. The number of amides is 1. The number of quaternary nitrogens is 1. The second-order valence-electron chi connectivity index (χ2n) is 11.9. The van der Waals surface area contributed by atoms with Crippen LogP contribution in [0, 0.1) is 28.1 Å². The molecule has 2 aliphatic carbocycles. The number of piperidine rings is 1. The Labute approximate surface area is 184 Å². The predicted molar refractivity (Wildman–Crippen MR) is 115 cm³/mol. The fourth-order valence-electron chi connectivity index (χ4n) is 7.07. The Morgan fingerprint density at radius 1 is 0.935 bits per heavy atom. The van der Waals surface area contributed by atoms with Crippen molar-refractivity contribution >= 4 is 5.91 Å². The maximum absolute atomic E-state index is 14.1. The second-order valence-corrected chi connectivity index (χ2v) is 11.9. The number of rotatable bonds is 2. The smallest absolute Gasteiger partial charge is 0.233 e. The van der Waals surface area contributed by atoms with Crippen LogP contribution in [0.5, 0.6) is 0 Å². The number of carbonyl (C=O) groups is 1. The van der Waals surface area contributed by atoms with E-state index in [0.29, 0.717) is 17.8 Å². The molecule has 1 aromatic heterocycles. The minimum absolute atomic E-state index is 0.00917. The SMILES string of the molecule is CC1(C)CC(NC(=O)[C@@]23CC[C@@](C)(c4nc(C#N)c(C#N)nc42)C3(C)C)CC(C)(C)[NH2+]1. The van der Waals surface area contributed by atoms with Crippen LogP contribution in [0.2, 0.25) is 0 Å². The summed E-state index contributed by atoms with van der Waals surface area (Å²) in [5.41, 5.74) is -0.196. The van der Waals surface area contributed by atoms with Gasteiger partial charge < -0.3 is 10.6 Å². The number of nitrogens with two attached hydrogens (primary N) is 1. The van der Waals surface area contributed by atoms with Crippen molar-refractivity contribution in [1.29, 1.82) is 10.5 Å². The zero-order valence-corrected chi connectivity index (χ0v) is 19.7. The van der Waals surface area contributed by atoms with Crippen molar-refractivity contribution in [2.45, 2.75) is 102 Å². The van der Waals surface area contributed by atoms with Gasteiger partial charge in [-0.25, -0.2) is 9.97 Å². The number of nitrogens with one attached hydrogen (secondary N) is 1. The molecule has 1 saturated carbocycles.